The Kier molecular flexibility index (Phi) is 4.99. The van der Waals surface area contributed by atoms with Gasteiger partial charge in [0.15, 0.2) is 0 Å². The van der Waals surface area contributed by atoms with Crippen LogP contribution < -0.4 is 5.14 Å². The maximum Gasteiger partial charge on any atom is 0.274 e. The molecule has 25 heavy (non-hydrogen) atoms. The summed E-state index contributed by atoms with van der Waals surface area (Å²) >= 11 is 0.698. The quantitative estimate of drug-likeness (QED) is 0.777. The van der Waals surface area contributed by atoms with Gasteiger partial charge in [0.25, 0.3) is 10.0 Å². The van der Waals surface area contributed by atoms with Crippen molar-refractivity contribution in [2.24, 2.45) is 5.14 Å². The van der Waals surface area contributed by atoms with E-state index in [0.717, 1.165) is 13.1 Å². The van der Waals surface area contributed by atoms with Crippen molar-refractivity contribution in [1.29, 1.82) is 0 Å². The molecule has 8 nitrogen and oxygen atoms in total. The van der Waals surface area contributed by atoms with E-state index in [1.165, 1.54) is 10.4 Å². The summed E-state index contributed by atoms with van der Waals surface area (Å²) in [5, 5.41) is 5.17. The number of hydrogen-bond acceptors (Lipinski definition) is 7. The predicted molar refractivity (Wildman–Crippen MR) is 95.1 cm³/mol. The summed E-state index contributed by atoms with van der Waals surface area (Å²) in [4.78, 5) is 2.12. The Morgan fingerprint density at radius 2 is 1.96 bits per heavy atom. The molecule has 3 rings (SSSR count). The van der Waals surface area contributed by atoms with Gasteiger partial charge in [-0.05, 0) is 26.0 Å². The molecule has 0 spiro atoms. The highest BCUT2D eigenvalue weighted by molar-refractivity contribution is 7.94. The monoisotopic (exact) mass is 407 g/mol. The number of ether oxygens (including phenoxy) is 1. The first-order chi connectivity index (χ1) is 11.6. The smallest absolute Gasteiger partial charge is 0.274 e. The molecule has 0 radical (unpaired) electrons. The average Bonchev–Trinajstić information content (AvgIpc) is 2.92. The first kappa shape index (κ1) is 18.8. The number of hydrogen-bond donors (Lipinski definition) is 1. The Morgan fingerprint density at radius 3 is 2.52 bits per heavy atom. The van der Waals surface area contributed by atoms with Crippen molar-refractivity contribution in [2.75, 3.05) is 32.8 Å². The molecule has 0 aliphatic carbocycles. The standard InChI is InChI=1S/C14H21N3O5S3/c1-10(2)17-12(9-16-3-5-22-6-4-16)7-11-8-13(24(15,18)19)23-14(11)25(17,20)21/h7-8,10H,3-6,9H2,1-2H3,(H2,15,18,19). The highest BCUT2D eigenvalue weighted by Crippen LogP contribution is 2.39. The van der Waals surface area contributed by atoms with Gasteiger partial charge in [-0.3, -0.25) is 9.21 Å². The summed E-state index contributed by atoms with van der Waals surface area (Å²) in [5.41, 5.74) is 1.01. The topological polar surface area (TPSA) is 110 Å². The van der Waals surface area contributed by atoms with Crippen molar-refractivity contribution >= 4 is 37.5 Å². The van der Waals surface area contributed by atoms with Crippen LogP contribution in [0.2, 0.25) is 0 Å². The fraction of sp³-hybridized carbons (Fsp3) is 0.571. The van der Waals surface area contributed by atoms with E-state index < -0.39 is 20.0 Å². The second-order valence-corrected chi connectivity index (χ2v) is 11.1. The third-order valence-electron chi connectivity index (χ3n) is 4.04. The van der Waals surface area contributed by atoms with E-state index in [2.05, 4.69) is 4.90 Å². The SMILES string of the molecule is CC(C)N1C(CN2CCOCC2)=Cc2cc(S(N)(=O)=O)sc2S1(=O)=O. The van der Waals surface area contributed by atoms with E-state index in [0.29, 0.717) is 42.4 Å². The van der Waals surface area contributed by atoms with Crippen LogP contribution in [0, 0.1) is 0 Å². The van der Waals surface area contributed by atoms with Crippen LogP contribution in [-0.2, 0) is 24.8 Å². The van der Waals surface area contributed by atoms with Gasteiger partial charge in [0.1, 0.15) is 8.42 Å². The van der Waals surface area contributed by atoms with Crippen LogP contribution in [0.5, 0.6) is 0 Å². The summed E-state index contributed by atoms with van der Waals surface area (Å²) in [7, 11) is -7.77. The number of sulfonamides is 2. The van der Waals surface area contributed by atoms with Gasteiger partial charge >= 0.3 is 0 Å². The normalized spacial score (nSPS) is 21.3. The molecule has 1 aromatic rings. The van der Waals surface area contributed by atoms with Crippen molar-refractivity contribution in [3.05, 3.63) is 17.3 Å². The first-order valence-electron chi connectivity index (χ1n) is 7.82. The molecule has 140 valence electrons. The second kappa shape index (κ2) is 6.63. The van der Waals surface area contributed by atoms with Crippen LogP contribution in [-0.4, -0.2) is 64.9 Å². The van der Waals surface area contributed by atoms with Gasteiger partial charge in [0, 0.05) is 36.9 Å². The maximum absolute atomic E-state index is 13.1. The highest BCUT2D eigenvalue weighted by Gasteiger charge is 2.37. The van der Waals surface area contributed by atoms with Gasteiger partial charge in [0.05, 0.1) is 13.2 Å². The number of fused-ring (bicyclic) bond motifs is 1. The molecule has 2 aliphatic heterocycles. The van der Waals surface area contributed by atoms with Crippen molar-refractivity contribution in [1.82, 2.24) is 9.21 Å². The van der Waals surface area contributed by atoms with Crippen LogP contribution in [0.4, 0.5) is 0 Å². The molecule has 1 saturated heterocycles. The van der Waals surface area contributed by atoms with Gasteiger partial charge in [-0.15, -0.1) is 11.3 Å². The highest BCUT2D eigenvalue weighted by atomic mass is 32.3. The zero-order valence-electron chi connectivity index (χ0n) is 14.0. The average molecular weight is 408 g/mol. The van der Waals surface area contributed by atoms with Gasteiger partial charge < -0.3 is 4.74 Å². The molecule has 0 unspecified atom stereocenters. The largest absolute Gasteiger partial charge is 0.379 e. The van der Waals surface area contributed by atoms with Gasteiger partial charge in [0.2, 0.25) is 10.0 Å². The maximum atomic E-state index is 13.1. The Balaban J connectivity index is 2.07. The van der Waals surface area contributed by atoms with E-state index in [9.17, 15) is 16.8 Å². The Labute approximate surface area is 152 Å². The summed E-state index contributed by atoms with van der Waals surface area (Å²) in [5.74, 6) is 0. The molecule has 2 aliphatic rings. The van der Waals surface area contributed by atoms with Gasteiger partial charge in [-0.1, -0.05) is 0 Å². The molecule has 0 atom stereocenters. The Hall–Kier alpha value is -0.980. The van der Waals surface area contributed by atoms with Crippen molar-refractivity contribution in [3.8, 4) is 0 Å². The zero-order valence-corrected chi connectivity index (χ0v) is 16.5. The molecular weight excluding hydrogens is 386 g/mol. The number of thiophene rings is 1. The van der Waals surface area contributed by atoms with Crippen molar-refractivity contribution in [2.45, 2.75) is 28.3 Å². The second-order valence-electron chi connectivity index (χ2n) is 6.27. The molecular formula is C14H21N3O5S3. The predicted octanol–water partition coefficient (Wildman–Crippen LogP) is 0.481. The van der Waals surface area contributed by atoms with Crippen LogP contribution in [0.1, 0.15) is 19.4 Å². The molecule has 1 aromatic heterocycles. The minimum Gasteiger partial charge on any atom is -0.379 e. The molecule has 0 amide bonds. The fourth-order valence-corrected chi connectivity index (χ4v) is 7.28. The number of morpholine rings is 1. The number of nitrogens with two attached hydrogens (primary N) is 1. The minimum atomic E-state index is -3.95. The van der Waals surface area contributed by atoms with Crippen molar-refractivity contribution in [3.63, 3.8) is 0 Å². The lowest BCUT2D eigenvalue weighted by Crippen LogP contribution is -2.44. The summed E-state index contributed by atoms with van der Waals surface area (Å²) in [6, 6.07) is 1.05. The number of rotatable bonds is 4. The van der Waals surface area contributed by atoms with Crippen LogP contribution in [0.15, 0.2) is 20.2 Å². The molecule has 1 fully saturated rings. The molecule has 11 heteroatoms. The minimum absolute atomic E-state index is 0.0240. The Bertz CT molecular complexity index is 896. The third-order valence-corrected chi connectivity index (χ3v) is 9.17. The fourth-order valence-electron chi connectivity index (χ4n) is 3.01. The lowest BCUT2D eigenvalue weighted by Gasteiger charge is -2.36. The summed E-state index contributed by atoms with van der Waals surface area (Å²) in [6.45, 7) is 6.72. The van der Waals surface area contributed by atoms with E-state index in [1.807, 2.05) is 0 Å². The van der Waals surface area contributed by atoms with E-state index in [1.54, 1.807) is 19.9 Å². The zero-order chi connectivity index (χ0) is 18.4. The molecule has 0 bridgehead atoms. The lowest BCUT2D eigenvalue weighted by atomic mass is 10.2. The first-order valence-corrected chi connectivity index (χ1v) is 11.6. The molecule has 3 heterocycles. The van der Waals surface area contributed by atoms with E-state index in [4.69, 9.17) is 9.88 Å². The van der Waals surface area contributed by atoms with Crippen LogP contribution in [0.25, 0.3) is 6.08 Å². The summed E-state index contributed by atoms with van der Waals surface area (Å²) in [6.07, 6.45) is 1.75. The Morgan fingerprint density at radius 1 is 1.32 bits per heavy atom. The number of nitrogens with zero attached hydrogens (tertiary/aromatic N) is 2. The van der Waals surface area contributed by atoms with Crippen LogP contribution >= 0.6 is 11.3 Å². The molecule has 0 aromatic carbocycles. The third kappa shape index (κ3) is 3.62. The number of primary sulfonamides is 1. The molecule has 0 saturated carbocycles. The van der Waals surface area contributed by atoms with Crippen LogP contribution in [0.3, 0.4) is 0 Å². The lowest BCUT2D eigenvalue weighted by molar-refractivity contribution is 0.0403. The van der Waals surface area contributed by atoms with Crippen molar-refractivity contribution < 1.29 is 21.6 Å². The molecule has 2 N–H and O–H groups in total. The van der Waals surface area contributed by atoms with E-state index >= 15 is 0 Å². The van der Waals surface area contributed by atoms with Gasteiger partial charge in [-0.25, -0.2) is 22.0 Å². The van der Waals surface area contributed by atoms with E-state index in [-0.39, 0.29) is 14.5 Å². The van der Waals surface area contributed by atoms with Gasteiger partial charge in [-0.2, -0.15) is 0 Å². The summed E-state index contributed by atoms with van der Waals surface area (Å²) < 4.78 is 55.9.